The van der Waals surface area contributed by atoms with Crippen LogP contribution in [0.3, 0.4) is 0 Å². The molecule has 1 nitrogen and oxygen atoms in total. The third kappa shape index (κ3) is 2.19. The lowest BCUT2D eigenvalue weighted by Crippen LogP contribution is -2.11. The second kappa shape index (κ2) is 4.36. The quantitative estimate of drug-likeness (QED) is 0.674. The van der Waals surface area contributed by atoms with E-state index in [0.29, 0.717) is 5.56 Å². The van der Waals surface area contributed by atoms with Crippen molar-refractivity contribution < 1.29 is 9.18 Å². The summed E-state index contributed by atoms with van der Waals surface area (Å²) in [5, 5.41) is 0. The molecule has 0 radical (unpaired) electrons. The van der Waals surface area contributed by atoms with Crippen molar-refractivity contribution in [1.29, 1.82) is 0 Å². The van der Waals surface area contributed by atoms with Crippen molar-refractivity contribution >= 4 is 5.78 Å². The molecule has 2 heteroatoms. The molecule has 1 aromatic carbocycles. The second-order valence-corrected chi connectivity index (χ2v) is 3.63. The van der Waals surface area contributed by atoms with Crippen LogP contribution in [0, 0.1) is 18.7 Å². The first-order valence-corrected chi connectivity index (χ1v) is 4.86. The minimum absolute atomic E-state index is 0.0131. The third-order valence-electron chi connectivity index (χ3n) is 2.51. The molecule has 0 aromatic heterocycles. The topological polar surface area (TPSA) is 17.1 Å². The molecule has 0 aliphatic heterocycles. The Kier molecular flexibility index (Phi) is 3.39. The van der Waals surface area contributed by atoms with Gasteiger partial charge in [0.15, 0.2) is 5.78 Å². The maximum Gasteiger partial charge on any atom is 0.165 e. The maximum absolute atomic E-state index is 12.8. The summed E-state index contributed by atoms with van der Waals surface area (Å²) in [7, 11) is 0. The predicted molar refractivity (Wildman–Crippen MR) is 54.9 cm³/mol. The highest BCUT2D eigenvalue weighted by atomic mass is 19.1. The SMILES string of the molecule is CCC(C)C(=O)c1ccc(F)cc1C. The highest BCUT2D eigenvalue weighted by Gasteiger charge is 2.15. The van der Waals surface area contributed by atoms with E-state index in [1.54, 1.807) is 13.0 Å². The highest BCUT2D eigenvalue weighted by molar-refractivity contribution is 5.98. The first kappa shape index (κ1) is 10.9. The van der Waals surface area contributed by atoms with Crippen LogP contribution in [0.15, 0.2) is 18.2 Å². The Balaban J connectivity index is 3.02. The van der Waals surface area contributed by atoms with Gasteiger partial charge in [-0.15, -0.1) is 0 Å². The van der Waals surface area contributed by atoms with Gasteiger partial charge in [0.1, 0.15) is 5.82 Å². The van der Waals surface area contributed by atoms with Crippen LogP contribution in [-0.2, 0) is 0 Å². The molecule has 1 rings (SSSR count). The zero-order chi connectivity index (χ0) is 10.7. The smallest absolute Gasteiger partial charge is 0.165 e. The number of halogens is 1. The van der Waals surface area contributed by atoms with E-state index in [-0.39, 0.29) is 17.5 Å². The van der Waals surface area contributed by atoms with Crippen molar-refractivity contribution in [3.05, 3.63) is 35.1 Å². The molecule has 0 N–H and O–H groups in total. The largest absolute Gasteiger partial charge is 0.294 e. The van der Waals surface area contributed by atoms with E-state index >= 15 is 0 Å². The number of rotatable bonds is 3. The fourth-order valence-electron chi connectivity index (χ4n) is 1.35. The molecule has 0 bridgehead atoms. The van der Waals surface area contributed by atoms with E-state index in [9.17, 15) is 9.18 Å². The Morgan fingerprint density at radius 1 is 1.50 bits per heavy atom. The predicted octanol–water partition coefficient (Wildman–Crippen LogP) is 3.36. The van der Waals surface area contributed by atoms with Crippen LogP contribution in [0.5, 0.6) is 0 Å². The van der Waals surface area contributed by atoms with Crippen LogP contribution >= 0.6 is 0 Å². The third-order valence-corrected chi connectivity index (χ3v) is 2.51. The number of ketones is 1. The molecule has 1 atom stereocenters. The molecule has 0 amide bonds. The van der Waals surface area contributed by atoms with Crippen molar-refractivity contribution in [2.45, 2.75) is 27.2 Å². The molecular weight excluding hydrogens is 179 g/mol. The Labute approximate surface area is 83.9 Å². The summed E-state index contributed by atoms with van der Waals surface area (Å²) in [5.41, 5.74) is 1.36. The molecule has 14 heavy (non-hydrogen) atoms. The Morgan fingerprint density at radius 2 is 2.14 bits per heavy atom. The van der Waals surface area contributed by atoms with Gasteiger partial charge in [-0.1, -0.05) is 13.8 Å². The summed E-state index contributed by atoms with van der Waals surface area (Å²) in [5.74, 6) is -0.174. The van der Waals surface area contributed by atoms with Gasteiger partial charge in [-0.3, -0.25) is 4.79 Å². The maximum atomic E-state index is 12.8. The number of aryl methyl sites for hydroxylation is 1. The molecule has 0 saturated carbocycles. The van der Waals surface area contributed by atoms with Gasteiger partial charge in [-0.25, -0.2) is 4.39 Å². The molecule has 0 heterocycles. The lowest BCUT2D eigenvalue weighted by molar-refractivity contribution is 0.0926. The first-order valence-electron chi connectivity index (χ1n) is 4.86. The number of carbonyl (C=O) groups is 1. The van der Waals surface area contributed by atoms with Crippen LogP contribution in [0.25, 0.3) is 0 Å². The average Bonchev–Trinajstić information content (AvgIpc) is 2.15. The van der Waals surface area contributed by atoms with Gasteiger partial charge < -0.3 is 0 Å². The highest BCUT2D eigenvalue weighted by Crippen LogP contribution is 2.16. The monoisotopic (exact) mass is 194 g/mol. The second-order valence-electron chi connectivity index (χ2n) is 3.63. The van der Waals surface area contributed by atoms with Crippen LogP contribution in [-0.4, -0.2) is 5.78 Å². The molecule has 0 spiro atoms. The molecular formula is C12H15FO. The van der Waals surface area contributed by atoms with Crippen LogP contribution in [0.4, 0.5) is 4.39 Å². The number of Topliss-reactive ketones (excluding diaryl/α,β-unsaturated/α-hetero) is 1. The summed E-state index contributed by atoms with van der Waals surface area (Å²) in [6.45, 7) is 5.63. The van der Waals surface area contributed by atoms with Crippen molar-refractivity contribution in [2.24, 2.45) is 5.92 Å². The number of carbonyl (C=O) groups excluding carboxylic acids is 1. The van der Waals surface area contributed by atoms with E-state index < -0.39 is 0 Å². The first-order chi connectivity index (χ1) is 6.56. The Bertz CT molecular complexity index is 344. The summed E-state index contributed by atoms with van der Waals surface area (Å²) >= 11 is 0. The normalized spacial score (nSPS) is 12.6. The molecule has 0 saturated heterocycles. The van der Waals surface area contributed by atoms with Crippen molar-refractivity contribution in [3.8, 4) is 0 Å². The summed E-state index contributed by atoms with van der Waals surface area (Å²) in [6, 6.07) is 4.30. The minimum Gasteiger partial charge on any atom is -0.294 e. The number of hydrogen-bond acceptors (Lipinski definition) is 1. The average molecular weight is 194 g/mol. The van der Waals surface area contributed by atoms with Gasteiger partial charge in [-0.2, -0.15) is 0 Å². The molecule has 1 unspecified atom stereocenters. The van der Waals surface area contributed by atoms with E-state index in [4.69, 9.17) is 0 Å². The van der Waals surface area contributed by atoms with E-state index in [2.05, 4.69) is 0 Å². The zero-order valence-electron chi connectivity index (χ0n) is 8.80. The summed E-state index contributed by atoms with van der Waals surface area (Å²) in [4.78, 5) is 11.8. The van der Waals surface area contributed by atoms with Gasteiger partial charge >= 0.3 is 0 Å². The van der Waals surface area contributed by atoms with E-state index in [1.165, 1.54) is 12.1 Å². The Hall–Kier alpha value is -1.18. The lowest BCUT2D eigenvalue weighted by Gasteiger charge is -2.09. The van der Waals surface area contributed by atoms with E-state index in [1.807, 2.05) is 13.8 Å². The molecule has 0 aliphatic rings. The van der Waals surface area contributed by atoms with Crippen molar-refractivity contribution in [3.63, 3.8) is 0 Å². The molecule has 0 aliphatic carbocycles. The lowest BCUT2D eigenvalue weighted by atomic mass is 9.94. The van der Waals surface area contributed by atoms with Gasteiger partial charge in [0.2, 0.25) is 0 Å². The number of hydrogen-bond donors (Lipinski definition) is 0. The zero-order valence-corrected chi connectivity index (χ0v) is 8.80. The fourth-order valence-corrected chi connectivity index (χ4v) is 1.35. The summed E-state index contributed by atoms with van der Waals surface area (Å²) in [6.07, 6.45) is 0.815. The van der Waals surface area contributed by atoms with Crippen molar-refractivity contribution in [1.82, 2.24) is 0 Å². The molecule has 1 aromatic rings. The van der Waals surface area contributed by atoms with Crippen molar-refractivity contribution in [2.75, 3.05) is 0 Å². The Morgan fingerprint density at radius 3 is 2.64 bits per heavy atom. The van der Waals surface area contributed by atoms with Gasteiger partial charge in [0.05, 0.1) is 0 Å². The van der Waals surface area contributed by atoms with Crippen LogP contribution in [0.1, 0.15) is 36.2 Å². The van der Waals surface area contributed by atoms with Crippen LogP contribution in [0.2, 0.25) is 0 Å². The summed E-state index contributed by atoms with van der Waals surface area (Å²) < 4.78 is 12.8. The van der Waals surface area contributed by atoms with E-state index in [0.717, 1.165) is 12.0 Å². The van der Waals surface area contributed by atoms with Gasteiger partial charge in [0, 0.05) is 11.5 Å². The van der Waals surface area contributed by atoms with Gasteiger partial charge in [0.25, 0.3) is 0 Å². The molecule has 76 valence electrons. The van der Waals surface area contributed by atoms with Gasteiger partial charge in [-0.05, 0) is 37.1 Å². The minimum atomic E-state index is -0.289. The fraction of sp³-hybridized carbons (Fsp3) is 0.417. The standard InChI is InChI=1S/C12H15FO/c1-4-8(2)12(14)11-6-5-10(13)7-9(11)3/h5-8H,4H2,1-3H3. The molecule has 0 fully saturated rings. The number of benzene rings is 1. The van der Waals surface area contributed by atoms with Crippen LogP contribution < -0.4 is 0 Å².